The molecule has 1 unspecified atom stereocenters. The van der Waals surface area contributed by atoms with Gasteiger partial charge in [0, 0.05) is 37.5 Å². The average Bonchev–Trinajstić information content (AvgIpc) is 2.24. The third-order valence-corrected chi connectivity index (χ3v) is 3.76. The van der Waals surface area contributed by atoms with Gasteiger partial charge in [0.25, 0.3) is 0 Å². The van der Waals surface area contributed by atoms with Gasteiger partial charge >= 0.3 is 7.67 Å². The minimum atomic E-state index is -3.35. The van der Waals surface area contributed by atoms with Gasteiger partial charge < -0.3 is 9.73 Å². The minimum absolute atomic E-state index is 0.110. The summed E-state index contributed by atoms with van der Waals surface area (Å²) in [6.45, 7) is 0.797. The molecule has 0 spiro atoms. The summed E-state index contributed by atoms with van der Waals surface area (Å²) in [5, 5.41) is 10.9. The summed E-state index contributed by atoms with van der Waals surface area (Å²) in [6, 6.07) is 0. The predicted molar refractivity (Wildman–Crippen MR) is 65.7 cm³/mol. The van der Waals surface area contributed by atoms with Crippen LogP contribution in [0.2, 0.25) is 0 Å². The molecule has 0 amide bonds. The molecule has 0 aromatic heterocycles. The highest BCUT2D eigenvalue weighted by atomic mass is 35.5. The highest BCUT2D eigenvalue weighted by Crippen LogP contribution is 2.42. The molecule has 0 rings (SSSR count). The van der Waals surface area contributed by atoms with Crippen molar-refractivity contribution in [3.8, 4) is 0 Å². The van der Waals surface area contributed by atoms with Gasteiger partial charge in [0.15, 0.2) is 0 Å². The first-order valence-electron chi connectivity index (χ1n) is 4.65. The lowest BCUT2D eigenvalue weighted by molar-refractivity contribution is 0.271. The Hall–Kier alpha value is 0.160. The lowest BCUT2D eigenvalue weighted by Gasteiger charge is -2.26. The van der Waals surface area contributed by atoms with Gasteiger partial charge in [-0.3, -0.25) is 4.57 Å². The van der Waals surface area contributed by atoms with Gasteiger partial charge in [-0.25, -0.2) is 10.2 Å². The zero-order valence-electron chi connectivity index (χ0n) is 8.76. The van der Waals surface area contributed by atoms with Crippen molar-refractivity contribution in [2.24, 2.45) is 10.7 Å². The van der Waals surface area contributed by atoms with Gasteiger partial charge in [0.05, 0.1) is 6.61 Å². The minimum Gasteiger partial charge on any atom is -0.411 e. The maximum Gasteiger partial charge on any atom is 0.340 e. The maximum absolute atomic E-state index is 11.9. The zero-order chi connectivity index (χ0) is 12.4. The molecule has 0 aliphatic rings. The van der Waals surface area contributed by atoms with E-state index >= 15 is 0 Å². The molecule has 96 valence electrons. The molecule has 0 aliphatic carbocycles. The Kier molecular flexibility index (Phi) is 9.31. The summed E-state index contributed by atoms with van der Waals surface area (Å²) in [6.07, 6.45) is 1.56. The van der Waals surface area contributed by atoms with Crippen molar-refractivity contribution in [1.82, 2.24) is 4.67 Å². The summed E-state index contributed by atoms with van der Waals surface area (Å²) >= 11 is 11.1. The second-order valence-electron chi connectivity index (χ2n) is 2.82. The van der Waals surface area contributed by atoms with E-state index < -0.39 is 7.67 Å². The summed E-state index contributed by atoms with van der Waals surface area (Å²) in [4.78, 5) is 0. The van der Waals surface area contributed by atoms with Crippen LogP contribution in [0.1, 0.15) is 6.42 Å². The van der Waals surface area contributed by atoms with E-state index in [1.54, 1.807) is 0 Å². The molecule has 0 heterocycles. The molecular formula is C7H16Cl2N3O3P. The van der Waals surface area contributed by atoms with Crippen molar-refractivity contribution in [3.63, 3.8) is 0 Å². The smallest absolute Gasteiger partial charge is 0.340 e. The van der Waals surface area contributed by atoms with Crippen LogP contribution in [0.3, 0.4) is 0 Å². The molecule has 16 heavy (non-hydrogen) atoms. The molecule has 6 nitrogen and oxygen atoms in total. The van der Waals surface area contributed by atoms with Crippen LogP contribution in [-0.4, -0.2) is 47.5 Å². The third kappa shape index (κ3) is 6.68. The second-order valence-corrected chi connectivity index (χ2v) is 5.52. The molecule has 0 aliphatic heterocycles. The Morgan fingerprint density at radius 2 is 2.00 bits per heavy atom. The van der Waals surface area contributed by atoms with Crippen LogP contribution in [0.5, 0.6) is 0 Å². The van der Waals surface area contributed by atoms with Crippen molar-refractivity contribution in [3.05, 3.63) is 0 Å². The average molecular weight is 292 g/mol. The quantitative estimate of drug-likeness (QED) is 0.169. The molecule has 0 saturated carbocycles. The van der Waals surface area contributed by atoms with Crippen LogP contribution in [0.15, 0.2) is 5.16 Å². The normalized spacial score (nSPS) is 15.8. The summed E-state index contributed by atoms with van der Waals surface area (Å²) < 4.78 is 18.4. The molecule has 0 bridgehead atoms. The highest BCUT2D eigenvalue weighted by Gasteiger charge is 2.25. The first-order valence-corrected chi connectivity index (χ1v) is 7.36. The fourth-order valence-electron chi connectivity index (χ4n) is 0.961. The van der Waals surface area contributed by atoms with Crippen molar-refractivity contribution >= 4 is 37.1 Å². The van der Waals surface area contributed by atoms with Crippen molar-refractivity contribution < 1.29 is 14.3 Å². The Bertz CT molecular complexity index is 249. The predicted octanol–water partition coefficient (Wildman–Crippen LogP) is 1.70. The number of alkyl halides is 2. The fourth-order valence-corrected chi connectivity index (χ4v) is 2.89. The van der Waals surface area contributed by atoms with Gasteiger partial charge in [-0.05, 0) is 0 Å². The number of hydrogen-bond acceptors (Lipinski definition) is 4. The van der Waals surface area contributed by atoms with Crippen molar-refractivity contribution in [2.45, 2.75) is 6.42 Å². The van der Waals surface area contributed by atoms with E-state index in [4.69, 9.17) is 38.4 Å². The van der Waals surface area contributed by atoms with Crippen LogP contribution >= 0.6 is 30.9 Å². The first-order chi connectivity index (χ1) is 7.58. The largest absolute Gasteiger partial charge is 0.411 e. The van der Waals surface area contributed by atoms with E-state index in [0.717, 1.165) is 0 Å². The Morgan fingerprint density at radius 3 is 2.44 bits per heavy atom. The van der Waals surface area contributed by atoms with Gasteiger partial charge in [0.1, 0.15) is 0 Å². The van der Waals surface area contributed by atoms with Crippen molar-refractivity contribution in [1.29, 1.82) is 0 Å². The number of halogens is 2. The molecule has 0 aromatic rings. The van der Waals surface area contributed by atoms with E-state index in [1.807, 2.05) is 0 Å². The van der Waals surface area contributed by atoms with Crippen LogP contribution in [-0.2, 0) is 9.09 Å². The van der Waals surface area contributed by atoms with E-state index in [9.17, 15) is 4.57 Å². The first kappa shape index (κ1) is 16.2. The second kappa shape index (κ2) is 9.22. The monoisotopic (exact) mass is 291 g/mol. The molecular weight excluding hydrogens is 276 g/mol. The molecule has 1 atom stereocenters. The van der Waals surface area contributed by atoms with Gasteiger partial charge in [-0.15, -0.1) is 28.4 Å². The molecule has 0 fully saturated rings. The third-order valence-electron chi connectivity index (χ3n) is 1.68. The fraction of sp³-hybridized carbons (Fsp3) is 0.857. The molecule has 0 aromatic carbocycles. The zero-order valence-corrected chi connectivity index (χ0v) is 11.2. The Morgan fingerprint density at radius 1 is 1.44 bits per heavy atom. The van der Waals surface area contributed by atoms with Crippen molar-refractivity contribution in [2.75, 3.05) is 31.5 Å². The van der Waals surface area contributed by atoms with Crippen LogP contribution in [0.4, 0.5) is 0 Å². The molecule has 3 N–H and O–H groups in total. The van der Waals surface area contributed by atoms with E-state index in [-0.39, 0.29) is 6.61 Å². The SMILES string of the molecule is NP(=O)(OCC/C=N/O)N(CCCl)CCCl. The molecule has 0 radical (unpaired) electrons. The van der Waals surface area contributed by atoms with E-state index in [2.05, 4.69) is 5.16 Å². The topological polar surface area (TPSA) is 88.2 Å². The number of hydrogen-bond donors (Lipinski definition) is 2. The summed E-state index contributed by atoms with van der Waals surface area (Å²) in [5.74, 6) is 0.582. The van der Waals surface area contributed by atoms with E-state index in [0.29, 0.717) is 31.3 Å². The number of rotatable bonds is 9. The Labute approximate surface area is 105 Å². The number of oxime groups is 1. The summed E-state index contributed by atoms with van der Waals surface area (Å²) in [5.41, 5.74) is 5.55. The van der Waals surface area contributed by atoms with Gasteiger partial charge in [-0.2, -0.15) is 0 Å². The number of nitrogens with two attached hydrogens (primary N) is 1. The van der Waals surface area contributed by atoms with Crippen LogP contribution in [0.25, 0.3) is 0 Å². The lowest BCUT2D eigenvalue weighted by atomic mass is 10.5. The lowest BCUT2D eigenvalue weighted by Crippen LogP contribution is -2.29. The molecule has 0 saturated heterocycles. The van der Waals surface area contributed by atoms with Crippen LogP contribution in [0, 0.1) is 0 Å². The molecule has 9 heteroatoms. The highest BCUT2D eigenvalue weighted by molar-refractivity contribution is 7.53. The Balaban J connectivity index is 4.17. The number of nitrogens with zero attached hydrogens (tertiary/aromatic N) is 2. The van der Waals surface area contributed by atoms with Gasteiger partial charge in [0.2, 0.25) is 0 Å². The van der Waals surface area contributed by atoms with E-state index in [1.165, 1.54) is 10.9 Å². The standard InChI is InChI=1S/C7H16Cl2N3O3P/c8-2-5-12(6-3-9)16(10,14)15-7-1-4-11-13/h4,13H,1-3,5-7H2,(H2,10,14)/b11-4+. The maximum atomic E-state index is 11.9. The van der Waals surface area contributed by atoms with Crippen LogP contribution < -0.4 is 5.50 Å². The summed E-state index contributed by atoms with van der Waals surface area (Å²) in [7, 11) is -3.35. The van der Waals surface area contributed by atoms with Gasteiger partial charge in [-0.1, -0.05) is 0 Å².